The third-order valence-corrected chi connectivity index (χ3v) is 2.78. The van der Waals surface area contributed by atoms with E-state index in [1.54, 1.807) is 11.0 Å². The maximum absolute atomic E-state index is 11.5. The number of carbonyl (C=O) groups excluding carboxylic acids is 1. The molecule has 4 nitrogen and oxygen atoms in total. The average molecular weight is 274 g/mol. The first-order valence-electron chi connectivity index (χ1n) is 4.13. The SMILES string of the molecule is O=C1CC(S)CN1c1cc(Br)ncn1. The summed E-state index contributed by atoms with van der Waals surface area (Å²) in [5.74, 6) is 0.698. The first-order chi connectivity index (χ1) is 6.66. The van der Waals surface area contributed by atoms with Gasteiger partial charge in [-0.3, -0.25) is 9.69 Å². The van der Waals surface area contributed by atoms with Crippen LogP contribution in [0.2, 0.25) is 0 Å². The normalized spacial score (nSPS) is 21.7. The zero-order valence-corrected chi connectivity index (χ0v) is 9.70. The van der Waals surface area contributed by atoms with E-state index in [1.165, 1.54) is 6.33 Å². The topological polar surface area (TPSA) is 46.1 Å². The first-order valence-corrected chi connectivity index (χ1v) is 5.44. The molecule has 1 unspecified atom stereocenters. The second-order valence-corrected chi connectivity index (χ2v) is 4.60. The van der Waals surface area contributed by atoms with Crippen LogP contribution in [0.3, 0.4) is 0 Å². The lowest BCUT2D eigenvalue weighted by atomic mass is 10.4. The molecule has 74 valence electrons. The predicted octanol–water partition coefficient (Wildman–Crippen LogP) is 1.27. The molecule has 2 heterocycles. The van der Waals surface area contributed by atoms with Crippen LogP contribution >= 0.6 is 28.6 Å². The maximum atomic E-state index is 11.5. The maximum Gasteiger partial charge on any atom is 0.229 e. The smallest absolute Gasteiger partial charge is 0.229 e. The molecule has 0 radical (unpaired) electrons. The van der Waals surface area contributed by atoms with Crippen LogP contribution in [0.5, 0.6) is 0 Å². The molecule has 0 N–H and O–H groups in total. The lowest BCUT2D eigenvalue weighted by Crippen LogP contribution is -2.25. The highest BCUT2D eigenvalue weighted by Gasteiger charge is 2.29. The summed E-state index contributed by atoms with van der Waals surface area (Å²) >= 11 is 7.51. The fraction of sp³-hybridized carbons (Fsp3) is 0.375. The van der Waals surface area contributed by atoms with Gasteiger partial charge >= 0.3 is 0 Å². The van der Waals surface area contributed by atoms with Crippen LogP contribution < -0.4 is 4.90 Å². The summed E-state index contributed by atoms with van der Waals surface area (Å²) in [5.41, 5.74) is 0. The summed E-state index contributed by atoms with van der Waals surface area (Å²) in [4.78, 5) is 21.1. The molecule has 1 saturated heterocycles. The molecule has 1 aromatic rings. The zero-order chi connectivity index (χ0) is 10.1. The van der Waals surface area contributed by atoms with E-state index in [9.17, 15) is 4.79 Å². The van der Waals surface area contributed by atoms with Gasteiger partial charge in [-0.2, -0.15) is 12.6 Å². The zero-order valence-electron chi connectivity index (χ0n) is 7.22. The molecular formula is C8H8BrN3OS. The van der Waals surface area contributed by atoms with Crippen molar-refractivity contribution in [3.05, 3.63) is 17.0 Å². The van der Waals surface area contributed by atoms with E-state index in [-0.39, 0.29) is 11.2 Å². The molecule has 1 aromatic heterocycles. The average Bonchev–Trinajstić information content (AvgIpc) is 2.45. The molecular weight excluding hydrogens is 266 g/mol. The lowest BCUT2D eigenvalue weighted by molar-refractivity contribution is -0.117. The van der Waals surface area contributed by atoms with E-state index >= 15 is 0 Å². The Morgan fingerprint density at radius 3 is 2.93 bits per heavy atom. The highest BCUT2D eigenvalue weighted by molar-refractivity contribution is 9.10. The molecule has 0 aromatic carbocycles. The van der Waals surface area contributed by atoms with Crippen molar-refractivity contribution in [2.75, 3.05) is 11.4 Å². The van der Waals surface area contributed by atoms with Crippen LogP contribution in [-0.4, -0.2) is 27.7 Å². The summed E-state index contributed by atoms with van der Waals surface area (Å²) < 4.78 is 0.679. The molecule has 1 aliphatic rings. The van der Waals surface area contributed by atoms with E-state index in [4.69, 9.17) is 0 Å². The molecule has 0 saturated carbocycles. The van der Waals surface area contributed by atoms with Gasteiger partial charge in [-0.1, -0.05) is 0 Å². The van der Waals surface area contributed by atoms with Gasteiger partial charge in [0.25, 0.3) is 0 Å². The molecule has 14 heavy (non-hydrogen) atoms. The first kappa shape index (κ1) is 9.92. The van der Waals surface area contributed by atoms with Crippen LogP contribution in [0, 0.1) is 0 Å². The Labute approximate surface area is 95.3 Å². The van der Waals surface area contributed by atoms with Crippen molar-refractivity contribution < 1.29 is 4.79 Å². The third kappa shape index (κ3) is 1.90. The Bertz CT molecular complexity index is 373. The number of thiol groups is 1. The van der Waals surface area contributed by atoms with Gasteiger partial charge in [0.1, 0.15) is 16.7 Å². The van der Waals surface area contributed by atoms with Gasteiger partial charge in [-0.25, -0.2) is 9.97 Å². The van der Waals surface area contributed by atoms with Gasteiger partial charge < -0.3 is 0 Å². The van der Waals surface area contributed by atoms with Gasteiger partial charge in [0, 0.05) is 24.3 Å². The number of rotatable bonds is 1. The molecule has 0 spiro atoms. The molecule has 1 aliphatic heterocycles. The number of hydrogen-bond acceptors (Lipinski definition) is 4. The van der Waals surface area contributed by atoms with Crippen molar-refractivity contribution in [3.8, 4) is 0 Å². The Morgan fingerprint density at radius 2 is 2.36 bits per heavy atom. The lowest BCUT2D eigenvalue weighted by Gasteiger charge is -2.13. The van der Waals surface area contributed by atoms with Gasteiger partial charge in [-0.15, -0.1) is 0 Å². The number of halogens is 1. The fourth-order valence-electron chi connectivity index (χ4n) is 1.38. The Kier molecular flexibility index (Phi) is 2.73. The van der Waals surface area contributed by atoms with E-state index in [0.29, 0.717) is 23.4 Å². The highest BCUT2D eigenvalue weighted by atomic mass is 79.9. The van der Waals surface area contributed by atoms with Crippen molar-refractivity contribution >= 4 is 40.3 Å². The van der Waals surface area contributed by atoms with E-state index < -0.39 is 0 Å². The number of amides is 1. The molecule has 2 rings (SSSR count). The molecule has 6 heteroatoms. The van der Waals surface area contributed by atoms with Crippen LogP contribution in [-0.2, 0) is 4.79 Å². The molecule has 0 aliphatic carbocycles. The van der Waals surface area contributed by atoms with Crippen molar-refractivity contribution in [1.29, 1.82) is 0 Å². The van der Waals surface area contributed by atoms with E-state index in [1.807, 2.05) is 0 Å². The van der Waals surface area contributed by atoms with Crippen LogP contribution in [0.15, 0.2) is 17.0 Å². The van der Waals surface area contributed by atoms with E-state index in [0.717, 1.165) is 0 Å². The predicted molar refractivity (Wildman–Crippen MR) is 59.5 cm³/mol. The second-order valence-electron chi connectivity index (χ2n) is 3.06. The van der Waals surface area contributed by atoms with Crippen molar-refractivity contribution in [2.45, 2.75) is 11.7 Å². The standard InChI is InChI=1S/C8H8BrN3OS/c9-6-2-7(11-4-10-6)12-3-5(14)1-8(12)13/h2,4-5,14H,1,3H2. The molecule has 1 atom stereocenters. The summed E-state index contributed by atoms with van der Waals surface area (Å²) in [5, 5.41) is 0.108. The summed E-state index contributed by atoms with van der Waals surface area (Å²) in [6, 6.07) is 1.73. The van der Waals surface area contributed by atoms with E-state index in [2.05, 4.69) is 38.5 Å². The van der Waals surface area contributed by atoms with Crippen LogP contribution in [0.1, 0.15) is 6.42 Å². The third-order valence-electron chi connectivity index (χ3n) is 2.00. The number of carbonyl (C=O) groups is 1. The van der Waals surface area contributed by atoms with Crippen molar-refractivity contribution in [3.63, 3.8) is 0 Å². The summed E-state index contributed by atoms with van der Waals surface area (Å²) in [7, 11) is 0. The minimum Gasteiger partial charge on any atom is -0.296 e. The Morgan fingerprint density at radius 1 is 1.57 bits per heavy atom. The minimum atomic E-state index is 0.0654. The summed E-state index contributed by atoms with van der Waals surface area (Å²) in [6.07, 6.45) is 1.91. The highest BCUT2D eigenvalue weighted by Crippen LogP contribution is 2.23. The van der Waals surface area contributed by atoms with Gasteiger partial charge in [-0.05, 0) is 15.9 Å². The number of hydrogen-bond donors (Lipinski definition) is 1. The number of aromatic nitrogens is 2. The largest absolute Gasteiger partial charge is 0.296 e. The molecule has 1 fully saturated rings. The summed E-state index contributed by atoms with van der Waals surface area (Å²) in [6.45, 7) is 0.616. The van der Waals surface area contributed by atoms with Crippen molar-refractivity contribution in [1.82, 2.24) is 9.97 Å². The molecule has 1 amide bonds. The number of nitrogens with zero attached hydrogens (tertiary/aromatic N) is 3. The van der Waals surface area contributed by atoms with Crippen LogP contribution in [0.25, 0.3) is 0 Å². The monoisotopic (exact) mass is 273 g/mol. The van der Waals surface area contributed by atoms with Gasteiger partial charge in [0.15, 0.2) is 0 Å². The van der Waals surface area contributed by atoms with Gasteiger partial charge in [0.2, 0.25) is 5.91 Å². The minimum absolute atomic E-state index is 0.0654. The second kappa shape index (κ2) is 3.86. The molecule has 0 bridgehead atoms. The van der Waals surface area contributed by atoms with Gasteiger partial charge in [0.05, 0.1) is 0 Å². The quantitative estimate of drug-likeness (QED) is 0.619. The van der Waals surface area contributed by atoms with Crippen molar-refractivity contribution in [2.24, 2.45) is 0 Å². The Balaban J connectivity index is 2.27. The number of anilines is 1. The Hall–Kier alpha value is -0.620. The fourth-order valence-corrected chi connectivity index (χ4v) is 2.00. The van der Waals surface area contributed by atoms with Crippen LogP contribution in [0.4, 0.5) is 5.82 Å².